The molecule has 0 bridgehead atoms. The van der Waals surface area contributed by atoms with E-state index in [-0.39, 0.29) is 5.82 Å². The third-order valence-corrected chi connectivity index (χ3v) is 6.93. The Morgan fingerprint density at radius 1 is 1.00 bits per heavy atom. The van der Waals surface area contributed by atoms with Crippen molar-refractivity contribution in [3.8, 4) is 5.75 Å². The molecule has 1 unspecified atom stereocenters. The molecule has 1 aliphatic carbocycles. The number of fused-ring (bicyclic) bond motifs is 1. The number of hydrogen-bond donors (Lipinski definition) is 1. The molecule has 0 N–H and O–H groups in total. The molecule has 162 valence electrons. The number of hydrogen-bond acceptors (Lipinski definition) is 4. The quantitative estimate of drug-likeness (QED) is 0.343. The van der Waals surface area contributed by atoms with Crippen LogP contribution in [0.3, 0.4) is 0 Å². The predicted octanol–water partition coefficient (Wildman–Crippen LogP) is 5.44. The van der Waals surface area contributed by atoms with Gasteiger partial charge >= 0.3 is 0 Å². The Hall–Kier alpha value is -1.56. The van der Waals surface area contributed by atoms with Crippen LogP contribution in [0.5, 0.6) is 5.75 Å². The number of rotatable bonds is 8. The minimum atomic E-state index is -0.155. The van der Waals surface area contributed by atoms with Crippen molar-refractivity contribution >= 4 is 12.9 Å². The summed E-state index contributed by atoms with van der Waals surface area (Å²) >= 11 is 3.76. The molecule has 1 saturated heterocycles. The molecule has 2 aromatic carbocycles. The number of benzene rings is 2. The van der Waals surface area contributed by atoms with Crippen molar-refractivity contribution in [3.05, 3.63) is 65.0 Å². The maximum absolute atomic E-state index is 13.1. The minimum absolute atomic E-state index is 0.155. The zero-order valence-electron chi connectivity index (χ0n) is 17.6. The van der Waals surface area contributed by atoms with E-state index in [1.54, 1.807) is 17.7 Å². The van der Waals surface area contributed by atoms with Crippen LogP contribution in [0.4, 0.5) is 4.39 Å². The molecule has 0 saturated carbocycles. The highest BCUT2D eigenvalue weighted by molar-refractivity contribution is 7.75. The minimum Gasteiger partial charge on any atom is -0.491 e. The third-order valence-electron chi connectivity index (χ3n) is 6.75. The van der Waals surface area contributed by atoms with Gasteiger partial charge in [0.1, 0.15) is 18.2 Å². The Labute approximate surface area is 185 Å². The highest BCUT2D eigenvalue weighted by Crippen LogP contribution is 2.42. The average molecular weight is 430 g/mol. The summed E-state index contributed by atoms with van der Waals surface area (Å²) in [7, 11) is 0. The van der Waals surface area contributed by atoms with Gasteiger partial charge in [0.25, 0.3) is 0 Å². The molecule has 4 rings (SSSR count). The molecule has 3 nitrogen and oxygen atoms in total. The van der Waals surface area contributed by atoms with Crippen LogP contribution in [-0.2, 0) is 17.0 Å². The van der Waals surface area contributed by atoms with E-state index in [9.17, 15) is 4.39 Å². The van der Waals surface area contributed by atoms with Gasteiger partial charge in [-0.15, -0.1) is 0 Å². The number of piperidine rings is 1. The lowest BCUT2D eigenvalue weighted by molar-refractivity contribution is 0.164. The number of ether oxygens (including phenoxy) is 1. The normalized spacial score (nSPS) is 20.1. The van der Waals surface area contributed by atoms with E-state index in [4.69, 9.17) is 8.92 Å². The predicted molar refractivity (Wildman–Crippen MR) is 122 cm³/mol. The van der Waals surface area contributed by atoms with Gasteiger partial charge in [0.05, 0.1) is 6.61 Å². The molecule has 1 heterocycles. The molecule has 1 atom stereocenters. The molecule has 0 aromatic heterocycles. The Morgan fingerprint density at radius 2 is 1.80 bits per heavy atom. The fraction of sp³-hybridized carbons (Fsp3) is 0.520. The molecule has 2 aromatic rings. The fourth-order valence-electron chi connectivity index (χ4n) is 5.12. The van der Waals surface area contributed by atoms with E-state index >= 15 is 0 Å². The van der Waals surface area contributed by atoms with Crippen molar-refractivity contribution < 1.29 is 13.3 Å². The van der Waals surface area contributed by atoms with E-state index in [1.165, 1.54) is 49.9 Å². The van der Waals surface area contributed by atoms with Crippen LogP contribution in [0, 0.1) is 11.7 Å². The van der Waals surface area contributed by atoms with Crippen LogP contribution < -0.4 is 4.74 Å². The van der Waals surface area contributed by atoms with Gasteiger partial charge in [-0.3, -0.25) is 0 Å². The molecule has 0 spiro atoms. The second-order valence-electron chi connectivity index (χ2n) is 8.60. The van der Waals surface area contributed by atoms with Gasteiger partial charge in [-0.25, -0.2) is 4.39 Å². The Kier molecular flexibility index (Phi) is 7.69. The van der Waals surface area contributed by atoms with Gasteiger partial charge in [-0.2, -0.15) is 0 Å². The molecular weight excluding hydrogens is 397 g/mol. The standard InChI is InChI=1S/C25H32FNO2S/c26-22-6-4-19(5-7-22)10-13-27-14-11-20(12-15-27)24-3-1-2-21-18-23(8-9-25(21)24)28-16-17-29-30/h4-9,18,20,24,30H,1-3,10-17H2. The van der Waals surface area contributed by atoms with Crippen LogP contribution in [0.1, 0.15) is 48.3 Å². The zero-order valence-corrected chi connectivity index (χ0v) is 18.5. The van der Waals surface area contributed by atoms with Gasteiger partial charge in [0, 0.05) is 6.54 Å². The van der Waals surface area contributed by atoms with Crippen molar-refractivity contribution in [2.45, 2.75) is 44.4 Å². The van der Waals surface area contributed by atoms with Gasteiger partial charge < -0.3 is 13.8 Å². The Bertz CT molecular complexity index is 805. The molecule has 2 aliphatic rings. The Balaban J connectivity index is 1.30. The summed E-state index contributed by atoms with van der Waals surface area (Å²) in [6.45, 7) is 4.42. The van der Waals surface area contributed by atoms with Crippen molar-refractivity contribution in [2.24, 2.45) is 5.92 Å². The summed E-state index contributed by atoms with van der Waals surface area (Å²) in [6, 6.07) is 13.6. The topological polar surface area (TPSA) is 21.7 Å². The van der Waals surface area contributed by atoms with Crippen molar-refractivity contribution in [2.75, 3.05) is 32.8 Å². The van der Waals surface area contributed by atoms with Crippen LogP contribution in [0.25, 0.3) is 0 Å². The van der Waals surface area contributed by atoms with Crippen LogP contribution in [-0.4, -0.2) is 37.7 Å². The van der Waals surface area contributed by atoms with Gasteiger partial charge in [0.15, 0.2) is 0 Å². The van der Waals surface area contributed by atoms with Gasteiger partial charge in [-0.1, -0.05) is 18.2 Å². The first kappa shape index (κ1) is 21.7. The van der Waals surface area contributed by atoms with Gasteiger partial charge in [0.2, 0.25) is 0 Å². The average Bonchev–Trinajstić information content (AvgIpc) is 2.79. The maximum atomic E-state index is 13.1. The molecule has 5 heteroatoms. The number of halogens is 1. The highest BCUT2D eigenvalue weighted by Gasteiger charge is 2.30. The zero-order chi connectivity index (χ0) is 20.8. The first-order valence-corrected chi connectivity index (χ1v) is 11.6. The summed E-state index contributed by atoms with van der Waals surface area (Å²) in [4.78, 5) is 2.57. The first-order chi connectivity index (χ1) is 14.7. The number of likely N-dealkylation sites (tertiary alicyclic amines) is 1. The van der Waals surface area contributed by atoms with E-state index in [0.717, 1.165) is 31.1 Å². The molecule has 0 radical (unpaired) electrons. The van der Waals surface area contributed by atoms with Crippen LogP contribution >= 0.6 is 12.9 Å². The monoisotopic (exact) mass is 429 g/mol. The molecule has 30 heavy (non-hydrogen) atoms. The highest BCUT2D eigenvalue weighted by atomic mass is 32.1. The lowest BCUT2D eigenvalue weighted by Crippen LogP contribution is -2.37. The molecular formula is C25H32FNO2S. The lowest BCUT2D eigenvalue weighted by atomic mass is 9.72. The third kappa shape index (κ3) is 5.57. The van der Waals surface area contributed by atoms with E-state index < -0.39 is 0 Å². The first-order valence-electron chi connectivity index (χ1n) is 11.2. The summed E-state index contributed by atoms with van der Waals surface area (Å²) in [5, 5.41) is 0. The fourth-order valence-corrected chi connectivity index (χ4v) is 5.20. The molecule has 1 fully saturated rings. The Morgan fingerprint density at radius 3 is 2.57 bits per heavy atom. The number of aryl methyl sites for hydroxylation is 1. The van der Waals surface area contributed by atoms with Gasteiger partial charge in [-0.05, 0) is 117 Å². The molecule has 1 aliphatic heterocycles. The number of nitrogens with zero attached hydrogens (tertiary/aromatic N) is 1. The summed E-state index contributed by atoms with van der Waals surface area (Å²) < 4.78 is 23.6. The van der Waals surface area contributed by atoms with E-state index in [1.807, 2.05) is 12.1 Å². The summed E-state index contributed by atoms with van der Waals surface area (Å²) in [5.74, 6) is 2.24. The van der Waals surface area contributed by atoms with Crippen molar-refractivity contribution in [1.29, 1.82) is 0 Å². The second-order valence-corrected chi connectivity index (χ2v) is 8.85. The summed E-state index contributed by atoms with van der Waals surface area (Å²) in [6.07, 6.45) is 7.27. The van der Waals surface area contributed by atoms with Crippen molar-refractivity contribution in [1.82, 2.24) is 4.90 Å². The lowest BCUT2D eigenvalue weighted by Gasteiger charge is -2.38. The smallest absolute Gasteiger partial charge is 0.123 e. The largest absolute Gasteiger partial charge is 0.491 e. The van der Waals surface area contributed by atoms with Crippen LogP contribution in [0.15, 0.2) is 42.5 Å². The SMILES string of the molecule is Fc1ccc(CCN2CCC(C3CCCc4cc(OCCOS)ccc43)CC2)cc1. The number of thiol groups is 1. The van der Waals surface area contributed by atoms with Crippen molar-refractivity contribution in [3.63, 3.8) is 0 Å². The van der Waals surface area contributed by atoms with E-state index in [0.29, 0.717) is 19.1 Å². The maximum Gasteiger partial charge on any atom is 0.123 e. The van der Waals surface area contributed by atoms with Crippen LogP contribution in [0.2, 0.25) is 0 Å². The molecule has 0 amide bonds. The summed E-state index contributed by atoms with van der Waals surface area (Å²) in [5.41, 5.74) is 4.23. The second kappa shape index (κ2) is 10.7. The van der Waals surface area contributed by atoms with E-state index in [2.05, 4.69) is 36.0 Å².